The highest BCUT2D eigenvalue weighted by Crippen LogP contribution is 2.06. The number of rotatable bonds is 10. The lowest BCUT2D eigenvalue weighted by molar-refractivity contribution is -0.127. The van der Waals surface area contributed by atoms with E-state index in [1.165, 1.54) is 0 Å². The van der Waals surface area contributed by atoms with Gasteiger partial charge in [-0.2, -0.15) is 0 Å². The number of hydrogen-bond donors (Lipinski definition) is 6. The molecule has 1 rings (SSSR count). The number of amides is 3. The van der Waals surface area contributed by atoms with Crippen molar-refractivity contribution in [2.75, 3.05) is 19.6 Å². The quantitative estimate of drug-likeness (QED) is 0.180. The Bertz CT molecular complexity index is 743. The summed E-state index contributed by atoms with van der Waals surface area (Å²) >= 11 is 0. The molecule has 0 aliphatic carbocycles. The second kappa shape index (κ2) is 11.8. The molecule has 0 saturated carbocycles. The number of carbonyl (C=O) groups excluding carboxylic acids is 3. The van der Waals surface area contributed by atoms with Gasteiger partial charge < -0.3 is 31.7 Å². The summed E-state index contributed by atoms with van der Waals surface area (Å²) in [6, 6.07) is 6.64. The highest BCUT2D eigenvalue weighted by molar-refractivity contribution is 5.94. The van der Waals surface area contributed by atoms with Crippen LogP contribution in [-0.4, -0.2) is 55.0 Å². The average Bonchev–Trinajstić information content (AvgIpc) is 2.66. The minimum atomic E-state index is -0.583. The molecule has 0 saturated heterocycles. The van der Waals surface area contributed by atoms with Crippen molar-refractivity contribution in [2.24, 2.45) is 5.73 Å². The van der Waals surface area contributed by atoms with Crippen molar-refractivity contribution in [3.05, 3.63) is 35.4 Å². The van der Waals surface area contributed by atoms with Gasteiger partial charge in [-0.15, -0.1) is 0 Å². The first-order valence-corrected chi connectivity index (χ1v) is 9.66. The minimum absolute atomic E-state index is 0.00107. The molecule has 7 N–H and O–H groups in total. The molecule has 10 heteroatoms. The van der Waals surface area contributed by atoms with Gasteiger partial charge in [-0.25, -0.2) is 4.79 Å². The summed E-state index contributed by atoms with van der Waals surface area (Å²) in [5, 5.41) is 18.1. The van der Waals surface area contributed by atoms with Crippen LogP contribution in [0.4, 0.5) is 4.79 Å². The Kier molecular flexibility index (Phi) is 9.76. The zero-order valence-electron chi connectivity index (χ0n) is 17.9. The molecule has 0 spiro atoms. The van der Waals surface area contributed by atoms with Gasteiger partial charge in [0.15, 0.2) is 0 Å². The highest BCUT2D eigenvalue weighted by atomic mass is 16.6. The molecular formula is C20H32N6O4. The van der Waals surface area contributed by atoms with E-state index in [0.29, 0.717) is 12.1 Å². The van der Waals surface area contributed by atoms with E-state index in [4.69, 9.17) is 15.9 Å². The Balaban J connectivity index is 2.22. The Hall–Kier alpha value is -3.14. The topological polar surface area (TPSA) is 158 Å². The van der Waals surface area contributed by atoms with Crippen molar-refractivity contribution in [3.63, 3.8) is 0 Å². The van der Waals surface area contributed by atoms with Gasteiger partial charge in [0, 0.05) is 25.2 Å². The van der Waals surface area contributed by atoms with Gasteiger partial charge in [-0.05, 0) is 33.3 Å². The standard InChI is InChI=1S/C20H32N6O4/c1-13(25-11-14-5-7-15(8-6-14)17(21)22)18(28)26-12-16(27)23-9-10-24-19(29)30-20(2,3)4/h5-8,13,25H,9-12H2,1-4H3,(H3,21,22)(H,23,27)(H,24,29)(H,26,28). The van der Waals surface area contributed by atoms with Gasteiger partial charge in [0.25, 0.3) is 0 Å². The van der Waals surface area contributed by atoms with Crippen molar-refractivity contribution in [1.29, 1.82) is 5.41 Å². The second-order valence-electron chi connectivity index (χ2n) is 7.71. The monoisotopic (exact) mass is 420 g/mol. The van der Waals surface area contributed by atoms with Crippen LogP contribution in [0, 0.1) is 5.41 Å². The molecular weight excluding hydrogens is 388 g/mol. The fourth-order valence-electron chi connectivity index (χ4n) is 2.23. The lowest BCUT2D eigenvalue weighted by Gasteiger charge is -2.19. The molecule has 1 aromatic rings. The minimum Gasteiger partial charge on any atom is -0.444 e. The van der Waals surface area contributed by atoms with Crippen molar-refractivity contribution in [3.8, 4) is 0 Å². The third-order valence-corrected chi connectivity index (χ3v) is 3.81. The molecule has 10 nitrogen and oxygen atoms in total. The molecule has 1 aromatic carbocycles. The van der Waals surface area contributed by atoms with E-state index < -0.39 is 17.7 Å². The number of ether oxygens (including phenoxy) is 1. The van der Waals surface area contributed by atoms with Gasteiger partial charge >= 0.3 is 6.09 Å². The number of nitrogens with one attached hydrogen (secondary N) is 5. The van der Waals surface area contributed by atoms with Crippen LogP contribution in [0.1, 0.15) is 38.8 Å². The summed E-state index contributed by atoms with van der Waals surface area (Å²) in [6.45, 7) is 7.71. The summed E-state index contributed by atoms with van der Waals surface area (Å²) in [7, 11) is 0. The van der Waals surface area contributed by atoms with Gasteiger partial charge in [-0.3, -0.25) is 15.0 Å². The summed E-state index contributed by atoms with van der Waals surface area (Å²) in [6.07, 6.45) is -0.555. The van der Waals surface area contributed by atoms with Gasteiger partial charge in [0.1, 0.15) is 11.4 Å². The lowest BCUT2D eigenvalue weighted by atomic mass is 10.1. The fraction of sp³-hybridized carbons (Fsp3) is 0.500. The summed E-state index contributed by atoms with van der Waals surface area (Å²) < 4.78 is 5.08. The predicted molar refractivity (Wildman–Crippen MR) is 114 cm³/mol. The maximum Gasteiger partial charge on any atom is 0.407 e. The average molecular weight is 421 g/mol. The van der Waals surface area contributed by atoms with E-state index in [1.54, 1.807) is 39.8 Å². The fourth-order valence-corrected chi connectivity index (χ4v) is 2.23. The van der Waals surface area contributed by atoms with Crippen molar-refractivity contribution < 1.29 is 19.1 Å². The number of amidine groups is 1. The van der Waals surface area contributed by atoms with Crippen molar-refractivity contribution in [2.45, 2.75) is 45.9 Å². The molecule has 0 aromatic heterocycles. The molecule has 0 fully saturated rings. The van der Waals surface area contributed by atoms with Crippen LogP contribution in [-0.2, 0) is 20.9 Å². The Morgan fingerprint density at radius 2 is 1.67 bits per heavy atom. The number of alkyl carbamates (subject to hydrolysis) is 1. The summed E-state index contributed by atoms with van der Waals surface area (Å²) in [5.41, 5.74) is 6.41. The molecule has 0 radical (unpaired) electrons. The van der Waals surface area contributed by atoms with Crippen LogP contribution < -0.4 is 27.0 Å². The highest BCUT2D eigenvalue weighted by Gasteiger charge is 2.16. The molecule has 0 aliphatic rings. The third kappa shape index (κ3) is 10.4. The Morgan fingerprint density at radius 3 is 2.23 bits per heavy atom. The van der Waals surface area contributed by atoms with E-state index >= 15 is 0 Å². The van der Waals surface area contributed by atoms with Crippen LogP contribution in [0.5, 0.6) is 0 Å². The van der Waals surface area contributed by atoms with Crippen LogP contribution in [0.25, 0.3) is 0 Å². The normalized spacial score (nSPS) is 11.9. The van der Waals surface area contributed by atoms with E-state index in [1.807, 2.05) is 12.1 Å². The molecule has 1 unspecified atom stereocenters. The molecule has 0 bridgehead atoms. The maximum absolute atomic E-state index is 12.1. The second-order valence-corrected chi connectivity index (χ2v) is 7.71. The first-order valence-electron chi connectivity index (χ1n) is 9.66. The van der Waals surface area contributed by atoms with Crippen LogP contribution in [0.3, 0.4) is 0 Å². The number of benzene rings is 1. The molecule has 1 atom stereocenters. The van der Waals surface area contributed by atoms with Crippen LogP contribution in [0.15, 0.2) is 24.3 Å². The smallest absolute Gasteiger partial charge is 0.407 e. The number of hydrogen-bond acceptors (Lipinski definition) is 6. The molecule has 3 amide bonds. The van der Waals surface area contributed by atoms with E-state index in [0.717, 1.165) is 5.56 Å². The Labute approximate surface area is 176 Å². The predicted octanol–water partition coefficient (Wildman–Crippen LogP) is 0.206. The number of nitrogen functional groups attached to an aromatic ring is 1. The molecule has 30 heavy (non-hydrogen) atoms. The maximum atomic E-state index is 12.1. The zero-order valence-corrected chi connectivity index (χ0v) is 17.9. The molecule has 0 heterocycles. The Morgan fingerprint density at radius 1 is 1.07 bits per heavy atom. The van der Waals surface area contributed by atoms with Gasteiger partial charge in [-0.1, -0.05) is 24.3 Å². The lowest BCUT2D eigenvalue weighted by Crippen LogP contribution is -2.46. The largest absolute Gasteiger partial charge is 0.444 e. The third-order valence-electron chi connectivity index (χ3n) is 3.81. The van der Waals surface area contributed by atoms with Gasteiger partial charge in [0.05, 0.1) is 12.6 Å². The molecule has 0 aliphatic heterocycles. The number of nitrogens with two attached hydrogens (primary N) is 1. The van der Waals surface area contributed by atoms with E-state index in [2.05, 4.69) is 21.3 Å². The molecule has 166 valence electrons. The first-order chi connectivity index (χ1) is 14.0. The van der Waals surface area contributed by atoms with Crippen LogP contribution in [0.2, 0.25) is 0 Å². The number of carbonyl (C=O) groups is 3. The van der Waals surface area contributed by atoms with E-state index in [-0.39, 0.29) is 37.3 Å². The van der Waals surface area contributed by atoms with Crippen molar-refractivity contribution in [1.82, 2.24) is 21.3 Å². The van der Waals surface area contributed by atoms with Crippen molar-refractivity contribution >= 4 is 23.7 Å². The zero-order chi connectivity index (χ0) is 22.7. The van der Waals surface area contributed by atoms with E-state index in [9.17, 15) is 14.4 Å². The van der Waals surface area contributed by atoms with Gasteiger partial charge in [0.2, 0.25) is 11.8 Å². The SMILES string of the molecule is CC(NCc1ccc(C(=N)N)cc1)C(=O)NCC(=O)NCCNC(=O)OC(C)(C)C. The van der Waals surface area contributed by atoms with Crippen LogP contribution >= 0.6 is 0 Å². The first kappa shape index (κ1) is 24.9. The summed E-state index contributed by atoms with van der Waals surface area (Å²) in [4.78, 5) is 35.4. The summed E-state index contributed by atoms with van der Waals surface area (Å²) in [5.74, 6) is -0.667.